The lowest BCUT2D eigenvalue weighted by molar-refractivity contribution is 1.25. The fraction of sp³-hybridized carbons (Fsp3) is 0.333. The maximum absolute atomic E-state index is 3.51. The van der Waals surface area contributed by atoms with Crippen LogP contribution in [0, 0.1) is 13.8 Å². The maximum atomic E-state index is 3.51. The number of nitrogens with one attached hydrogen (secondary N) is 1. The van der Waals surface area contributed by atoms with Gasteiger partial charge in [-0.05, 0) is 19.4 Å². The summed E-state index contributed by atoms with van der Waals surface area (Å²) in [5.74, 6) is 0. The first kappa shape index (κ1) is 7.63. The first-order chi connectivity index (χ1) is 4.24. The first-order valence-corrected chi connectivity index (χ1v) is 7.55. The van der Waals surface area contributed by atoms with Crippen molar-refractivity contribution in [1.29, 1.82) is 0 Å². The summed E-state index contributed by atoms with van der Waals surface area (Å²) in [7, 11) is 0. The van der Waals surface area contributed by atoms with E-state index in [1.807, 2.05) is 0 Å². The van der Waals surface area contributed by atoms with Gasteiger partial charge < -0.3 is 4.98 Å². The molecular formula is C6H8BrMgN. The molecule has 1 rings (SSSR count). The Labute approximate surface area is 70.8 Å². The maximum Gasteiger partial charge on any atom is 0.531 e. The van der Waals surface area contributed by atoms with Crippen molar-refractivity contribution in [2.24, 2.45) is 0 Å². The van der Waals surface area contributed by atoms with Crippen LogP contribution in [0.4, 0.5) is 0 Å². The van der Waals surface area contributed by atoms with Crippen molar-refractivity contribution in [1.82, 2.24) is 4.98 Å². The van der Waals surface area contributed by atoms with Crippen LogP contribution in [0.2, 0.25) is 0 Å². The summed E-state index contributed by atoms with van der Waals surface area (Å²) in [5, 5.41) is 0. The van der Waals surface area contributed by atoms with E-state index in [0.717, 1.165) is 0 Å². The van der Waals surface area contributed by atoms with E-state index in [0.29, 0.717) is 0 Å². The summed E-state index contributed by atoms with van der Waals surface area (Å²) in [6.45, 7) is 4.24. The van der Waals surface area contributed by atoms with Gasteiger partial charge in [-0.25, -0.2) is 0 Å². The zero-order chi connectivity index (χ0) is 6.85. The molecule has 0 radical (unpaired) electrons. The van der Waals surface area contributed by atoms with E-state index in [-0.39, 0.29) is 18.2 Å². The van der Waals surface area contributed by atoms with Crippen LogP contribution in [0.3, 0.4) is 0 Å². The molecule has 46 valence electrons. The molecule has 1 N–H and O–H groups in total. The Balaban J connectivity index is 2.98. The molecule has 0 aliphatic rings. The van der Waals surface area contributed by atoms with Crippen LogP contribution >= 0.6 is 12.9 Å². The molecule has 0 saturated carbocycles. The van der Waals surface area contributed by atoms with Crippen LogP contribution in [0.15, 0.2) is 6.07 Å². The van der Waals surface area contributed by atoms with Crippen molar-refractivity contribution in [2.75, 3.05) is 0 Å². The minimum atomic E-state index is -0.152. The molecular weight excluding hydrogens is 190 g/mol. The van der Waals surface area contributed by atoms with Gasteiger partial charge in [0, 0.05) is 5.69 Å². The normalized spacial score (nSPS) is 9.22. The quantitative estimate of drug-likeness (QED) is 0.654. The van der Waals surface area contributed by atoms with Gasteiger partial charge in [0.2, 0.25) is 0 Å². The molecule has 0 spiro atoms. The number of hydrogen-bond acceptors (Lipinski definition) is 0. The molecule has 0 amide bonds. The largest absolute Gasteiger partial charge is 0.531 e. The van der Waals surface area contributed by atoms with Gasteiger partial charge in [0.25, 0.3) is 0 Å². The molecule has 1 nitrogen and oxygen atoms in total. The monoisotopic (exact) mass is 197 g/mol. The minimum Gasteiger partial charge on any atom is -0.390 e. The highest BCUT2D eigenvalue weighted by Gasteiger charge is 1.99. The van der Waals surface area contributed by atoms with Crippen molar-refractivity contribution in [2.45, 2.75) is 13.8 Å². The fourth-order valence-electron chi connectivity index (χ4n) is 0.817. The van der Waals surface area contributed by atoms with Crippen LogP contribution in [0.5, 0.6) is 0 Å². The zero-order valence-corrected chi connectivity index (χ0v) is 8.66. The second-order valence-corrected chi connectivity index (χ2v) is 4.95. The van der Waals surface area contributed by atoms with Gasteiger partial charge in [-0.2, -0.15) is 0 Å². The molecule has 0 bridgehead atoms. The predicted molar refractivity (Wildman–Crippen MR) is 44.6 cm³/mol. The van der Waals surface area contributed by atoms with E-state index < -0.39 is 0 Å². The lowest BCUT2D eigenvalue weighted by atomic mass is 10.3. The number of halogens is 1. The van der Waals surface area contributed by atoms with Crippen LogP contribution in [0.25, 0.3) is 0 Å². The number of aromatic amines is 1. The van der Waals surface area contributed by atoms with E-state index in [1.54, 1.807) is 0 Å². The van der Waals surface area contributed by atoms with Gasteiger partial charge >= 0.3 is 18.2 Å². The Bertz CT molecular complexity index is 187. The summed E-state index contributed by atoms with van der Waals surface area (Å²) >= 11 is 3.36. The van der Waals surface area contributed by atoms with Gasteiger partial charge in [0.05, 0.1) is 0 Å². The van der Waals surface area contributed by atoms with Crippen LogP contribution in [-0.2, 0) is 0 Å². The highest BCUT2D eigenvalue weighted by Crippen LogP contribution is 1.99. The minimum absolute atomic E-state index is 0.152. The SMILES string of the molecule is Cc1c[c]([Mg][Br])[nH]c1C. The van der Waals surface area contributed by atoms with Crippen molar-refractivity contribution < 1.29 is 0 Å². The Morgan fingerprint density at radius 3 is 2.44 bits per heavy atom. The lowest BCUT2D eigenvalue weighted by Crippen LogP contribution is -2.07. The van der Waals surface area contributed by atoms with Crippen LogP contribution in [-0.4, -0.2) is 23.2 Å². The molecule has 0 unspecified atom stereocenters. The van der Waals surface area contributed by atoms with Gasteiger partial charge in [-0.3, -0.25) is 12.9 Å². The second kappa shape index (κ2) is 3.08. The molecule has 3 heteroatoms. The smallest absolute Gasteiger partial charge is 0.390 e. The molecule has 0 aromatic carbocycles. The van der Waals surface area contributed by atoms with Crippen molar-refractivity contribution in [3.8, 4) is 0 Å². The summed E-state index contributed by atoms with van der Waals surface area (Å²) < 4.78 is 1.39. The first-order valence-electron chi connectivity index (χ1n) is 2.95. The summed E-state index contributed by atoms with van der Waals surface area (Å²) in [5.41, 5.74) is 2.67. The summed E-state index contributed by atoms with van der Waals surface area (Å²) in [6.07, 6.45) is 0. The number of aryl methyl sites for hydroxylation is 2. The molecule has 1 aromatic heterocycles. The van der Waals surface area contributed by atoms with Crippen LogP contribution in [0.1, 0.15) is 11.3 Å². The third-order valence-electron chi connectivity index (χ3n) is 1.47. The van der Waals surface area contributed by atoms with Crippen molar-refractivity contribution >= 4 is 34.9 Å². The Morgan fingerprint density at radius 1 is 1.56 bits per heavy atom. The molecule has 1 heterocycles. The third kappa shape index (κ3) is 1.72. The fourth-order valence-corrected chi connectivity index (χ4v) is 2.44. The number of H-pyrrole nitrogens is 1. The summed E-state index contributed by atoms with van der Waals surface area (Å²) in [4.78, 5) is 3.31. The van der Waals surface area contributed by atoms with E-state index in [4.69, 9.17) is 0 Å². The van der Waals surface area contributed by atoms with Gasteiger partial charge in [0.1, 0.15) is 0 Å². The topological polar surface area (TPSA) is 15.8 Å². The predicted octanol–water partition coefficient (Wildman–Crippen LogP) is 1.27. The molecule has 0 saturated heterocycles. The van der Waals surface area contributed by atoms with E-state index in [2.05, 4.69) is 37.8 Å². The van der Waals surface area contributed by atoms with Crippen LogP contribution < -0.4 is 3.82 Å². The Kier molecular flexibility index (Phi) is 2.61. The lowest BCUT2D eigenvalue weighted by Gasteiger charge is -1.84. The number of aromatic nitrogens is 1. The molecule has 0 fully saturated rings. The van der Waals surface area contributed by atoms with Gasteiger partial charge in [0.15, 0.2) is 0 Å². The average molecular weight is 198 g/mol. The van der Waals surface area contributed by atoms with Gasteiger partial charge in [-0.15, -0.1) is 0 Å². The third-order valence-corrected chi connectivity index (χ3v) is 3.96. The molecule has 1 aromatic rings. The van der Waals surface area contributed by atoms with E-state index in [9.17, 15) is 0 Å². The average Bonchev–Trinajstić information content (AvgIpc) is 2.13. The van der Waals surface area contributed by atoms with Crippen molar-refractivity contribution in [3.63, 3.8) is 0 Å². The number of rotatable bonds is 1. The highest BCUT2D eigenvalue weighted by atomic mass is 79.9. The molecule has 9 heavy (non-hydrogen) atoms. The molecule has 0 aliphatic carbocycles. The number of hydrogen-bond donors (Lipinski definition) is 1. The molecule has 0 aliphatic heterocycles. The van der Waals surface area contributed by atoms with Gasteiger partial charge in [-0.1, -0.05) is 9.89 Å². The highest BCUT2D eigenvalue weighted by molar-refractivity contribution is 9.23. The summed E-state index contributed by atoms with van der Waals surface area (Å²) in [6, 6.07) is 2.22. The molecule has 0 atom stereocenters. The van der Waals surface area contributed by atoms with Crippen molar-refractivity contribution in [3.05, 3.63) is 17.3 Å². The second-order valence-electron chi connectivity index (χ2n) is 2.24. The standard InChI is InChI=1S/C6H8N.BrH.Mg/c1-5-3-4-7-6(5)2;;/h3,7H,1-2H3;1H;/q;;+1/p-1. The van der Waals surface area contributed by atoms with E-state index >= 15 is 0 Å². The van der Waals surface area contributed by atoms with E-state index in [1.165, 1.54) is 15.1 Å². The Hall–Kier alpha value is 0.526. The zero-order valence-electron chi connectivity index (χ0n) is 5.66. The Morgan fingerprint density at radius 2 is 2.22 bits per heavy atom.